The van der Waals surface area contributed by atoms with Crippen LogP contribution < -0.4 is 0 Å². The van der Waals surface area contributed by atoms with E-state index in [1.54, 1.807) is 23.6 Å². The van der Waals surface area contributed by atoms with Crippen LogP contribution in [-0.2, 0) is 19.4 Å². The molecule has 0 aromatic carbocycles. The quantitative estimate of drug-likeness (QED) is 0.0770. The highest BCUT2D eigenvalue weighted by molar-refractivity contribution is 5.73. The van der Waals surface area contributed by atoms with Crippen LogP contribution in [0.15, 0.2) is 0 Å². The van der Waals surface area contributed by atoms with Gasteiger partial charge in [-0.25, -0.2) is 9.78 Å². The molecule has 0 saturated carbocycles. The first-order valence-corrected chi connectivity index (χ1v) is 13.4. The molecule has 8 N–H and O–H groups in total. The zero-order valence-electron chi connectivity index (χ0n) is 23.7. The van der Waals surface area contributed by atoms with Gasteiger partial charge in [-0.2, -0.15) is 0 Å². The standard InChI is InChI=1S/C24H48N4O12/c1-15(13-39-37)25-5-19(9-29)26(16(2)14-40-38)6-21(11-31)28(18(4)24(35)36)8-22(12-32)27(7-20(25)10-30)17(3)23(33)34/h15-22,29-32,37-38H,5-14H2,1-4H3,(H,33,34)(H,35,36)/t15?,16?,17?,18?,19-,20-,21-,22-/m0/s1. The summed E-state index contributed by atoms with van der Waals surface area (Å²) in [6.07, 6.45) is 0. The number of hydrogen-bond donors (Lipinski definition) is 8. The van der Waals surface area contributed by atoms with Gasteiger partial charge >= 0.3 is 11.9 Å². The summed E-state index contributed by atoms with van der Waals surface area (Å²) in [6, 6.07) is -6.59. The van der Waals surface area contributed by atoms with Crippen molar-refractivity contribution in [2.75, 3.05) is 65.8 Å². The molecular weight excluding hydrogens is 536 g/mol. The minimum Gasteiger partial charge on any atom is -0.480 e. The molecule has 0 aliphatic carbocycles. The Morgan fingerprint density at radius 2 is 0.850 bits per heavy atom. The van der Waals surface area contributed by atoms with E-state index in [9.17, 15) is 40.2 Å². The smallest absolute Gasteiger partial charge is 0.320 e. The number of aliphatic hydroxyl groups excluding tert-OH is 4. The van der Waals surface area contributed by atoms with Crippen molar-refractivity contribution in [3.63, 3.8) is 0 Å². The molecule has 1 fully saturated rings. The van der Waals surface area contributed by atoms with Crippen molar-refractivity contribution in [1.82, 2.24) is 19.6 Å². The van der Waals surface area contributed by atoms with Crippen molar-refractivity contribution in [3.05, 3.63) is 0 Å². The van der Waals surface area contributed by atoms with Gasteiger partial charge in [0.05, 0.1) is 39.6 Å². The normalized spacial score (nSPS) is 28.2. The van der Waals surface area contributed by atoms with Crippen LogP contribution in [0.3, 0.4) is 0 Å². The van der Waals surface area contributed by atoms with Gasteiger partial charge in [0.1, 0.15) is 12.1 Å². The molecule has 16 nitrogen and oxygen atoms in total. The lowest BCUT2D eigenvalue weighted by Crippen LogP contribution is -2.65. The first-order valence-electron chi connectivity index (χ1n) is 13.4. The van der Waals surface area contributed by atoms with Gasteiger partial charge in [-0.3, -0.25) is 39.7 Å². The second kappa shape index (κ2) is 18.1. The second-order valence-electron chi connectivity index (χ2n) is 10.5. The summed E-state index contributed by atoms with van der Waals surface area (Å²) < 4.78 is 0. The highest BCUT2D eigenvalue weighted by Crippen LogP contribution is 2.22. The second-order valence-corrected chi connectivity index (χ2v) is 10.5. The number of carbonyl (C=O) groups is 2. The molecule has 1 aliphatic heterocycles. The van der Waals surface area contributed by atoms with E-state index in [2.05, 4.69) is 9.78 Å². The van der Waals surface area contributed by atoms with Crippen LogP contribution in [0.1, 0.15) is 27.7 Å². The third-order valence-electron chi connectivity index (χ3n) is 7.88. The van der Waals surface area contributed by atoms with E-state index >= 15 is 0 Å². The van der Waals surface area contributed by atoms with Gasteiger partial charge in [-0.05, 0) is 27.7 Å². The molecule has 0 aromatic heterocycles. The SMILES string of the molecule is CC(COO)N1C[C@@H](CO)N(C(C)COO)C[C@@H](CO)N(C(C)C(=O)O)C[C@@H](CO)N(C(C)C(=O)O)C[C@H]1CO. The summed E-state index contributed by atoms with van der Waals surface area (Å²) in [5, 5.41) is 79.8. The number of rotatable bonds is 14. The van der Waals surface area contributed by atoms with Gasteiger partial charge in [-0.15, -0.1) is 0 Å². The minimum absolute atomic E-state index is 0.000974. The van der Waals surface area contributed by atoms with E-state index in [4.69, 9.17) is 10.5 Å². The molecule has 1 saturated heterocycles. The molecule has 0 radical (unpaired) electrons. The van der Waals surface area contributed by atoms with Gasteiger partial charge in [-0.1, -0.05) is 0 Å². The topological polar surface area (TPSA) is 227 Å². The van der Waals surface area contributed by atoms with Gasteiger partial charge in [0, 0.05) is 62.4 Å². The monoisotopic (exact) mass is 584 g/mol. The highest BCUT2D eigenvalue weighted by Gasteiger charge is 2.40. The molecule has 40 heavy (non-hydrogen) atoms. The van der Waals surface area contributed by atoms with Gasteiger partial charge in [0.25, 0.3) is 0 Å². The maximum absolute atomic E-state index is 12.1. The molecular formula is C24H48N4O12. The summed E-state index contributed by atoms with van der Waals surface area (Å²) in [5.41, 5.74) is 0. The summed E-state index contributed by atoms with van der Waals surface area (Å²) in [5.74, 6) is -2.40. The van der Waals surface area contributed by atoms with Crippen LogP contribution >= 0.6 is 0 Å². The lowest BCUT2D eigenvalue weighted by molar-refractivity contribution is -0.255. The largest absolute Gasteiger partial charge is 0.480 e. The zero-order chi connectivity index (χ0) is 30.6. The fourth-order valence-corrected chi connectivity index (χ4v) is 5.36. The fourth-order valence-electron chi connectivity index (χ4n) is 5.36. The van der Waals surface area contributed by atoms with E-state index in [0.29, 0.717) is 0 Å². The molecule has 1 rings (SSSR count). The van der Waals surface area contributed by atoms with Crippen molar-refractivity contribution in [1.29, 1.82) is 0 Å². The van der Waals surface area contributed by atoms with Crippen LogP contribution in [0.2, 0.25) is 0 Å². The molecule has 16 heteroatoms. The lowest BCUT2D eigenvalue weighted by Gasteiger charge is -2.48. The number of aliphatic carboxylic acids is 2. The third kappa shape index (κ3) is 9.78. The number of nitrogens with zero attached hydrogens (tertiary/aromatic N) is 4. The van der Waals surface area contributed by atoms with Gasteiger partial charge < -0.3 is 30.6 Å². The van der Waals surface area contributed by atoms with Crippen molar-refractivity contribution in [2.24, 2.45) is 0 Å². The van der Waals surface area contributed by atoms with Gasteiger partial charge in [0.2, 0.25) is 0 Å². The fraction of sp³-hybridized carbons (Fsp3) is 0.917. The Balaban J connectivity index is 3.85. The predicted molar refractivity (Wildman–Crippen MR) is 141 cm³/mol. The highest BCUT2D eigenvalue weighted by atomic mass is 17.1. The number of hydrogen-bond acceptors (Lipinski definition) is 14. The number of aliphatic hydroxyl groups is 4. The first kappa shape index (κ1) is 36.5. The Morgan fingerprint density at radius 1 is 0.600 bits per heavy atom. The summed E-state index contributed by atoms with van der Waals surface area (Å²) >= 11 is 0. The van der Waals surface area contributed by atoms with E-state index in [1.807, 2.05) is 0 Å². The summed E-state index contributed by atoms with van der Waals surface area (Å²) in [7, 11) is 0. The van der Waals surface area contributed by atoms with Crippen LogP contribution in [0, 0.1) is 0 Å². The van der Waals surface area contributed by atoms with E-state index in [-0.39, 0.29) is 39.4 Å². The number of carboxylic acid groups (broad SMARTS) is 2. The molecule has 0 bridgehead atoms. The van der Waals surface area contributed by atoms with Crippen LogP contribution in [0.5, 0.6) is 0 Å². The lowest BCUT2D eigenvalue weighted by atomic mass is 10.0. The molecule has 0 amide bonds. The maximum Gasteiger partial charge on any atom is 0.320 e. The van der Waals surface area contributed by atoms with E-state index in [0.717, 1.165) is 0 Å². The Labute approximate surface area is 234 Å². The van der Waals surface area contributed by atoms with Crippen LogP contribution in [0.25, 0.3) is 0 Å². The Morgan fingerprint density at radius 3 is 1.07 bits per heavy atom. The van der Waals surface area contributed by atoms with Crippen LogP contribution in [0.4, 0.5) is 0 Å². The Kier molecular flexibility index (Phi) is 16.5. The summed E-state index contributed by atoms with van der Waals surface area (Å²) in [6.45, 7) is 3.79. The Bertz CT molecular complexity index is 725. The van der Waals surface area contributed by atoms with Crippen LogP contribution in [-0.4, -0.2) is 187 Å². The first-order chi connectivity index (χ1) is 18.9. The molecule has 0 spiro atoms. The van der Waals surface area contributed by atoms with Crippen molar-refractivity contribution in [2.45, 2.75) is 76.0 Å². The maximum atomic E-state index is 12.1. The zero-order valence-corrected chi connectivity index (χ0v) is 23.7. The molecule has 0 aromatic rings. The van der Waals surface area contributed by atoms with E-state index < -0.39 is 86.7 Å². The predicted octanol–water partition coefficient (Wildman–Crippen LogP) is -2.65. The summed E-state index contributed by atoms with van der Waals surface area (Å²) in [4.78, 5) is 39.3. The van der Waals surface area contributed by atoms with Crippen molar-refractivity contribution >= 4 is 11.9 Å². The van der Waals surface area contributed by atoms with E-state index in [1.165, 1.54) is 23.6 Å². The number of carboxylic acids is 2. The average Bonchev–Trinajstić information content (AvgIpc) is 2.92. The molecule has 236 valence electrons. The molecule has 4 unspecified atom stereocenters. The van der Waals surface area contributed by atoms with Crippen molar-refractivity contribution in [3.8, 4) is 0 Å². The molecule has 8 atom stereocenters. The molecule has 1 aliphatic rings. The average molecular weight is 585 g/mol. The van der Waals surface area contributed by atoms with Crippen molar-refractivity contribution < 1.29 is 60.5 Å². The third-order valence-corrected chi connectivity index (χ3v) is 7.88. The Hall–Kier alpha value is -1.54. The molecule has 1 heterocycles. The van der Waals surface area contributed by atoms with Gasteiger partial charge in [0.15, 0.2) is 0 Å². The minimum atomic E-state index is -1.20.